The molecule has 0 aliphatic heterocycles. The largest absolute Gasteiger partial charge is 0.324 e. The molecular formula is C15H18N2. The van der Waals surface area contributed by atoms with Crippen LogP contribution in [0.3, 0.4) is 0 Å². The third-order valence-corrected chi connectivity index (χ3v) is 3.03. The van der Waals surface area contributed by atoms with Crippen LogP contribution < -0.4 is 11.3 Å². The van der Waals surface area contributed by atoms with Gasteiger partial charge in [0.1, 0.15) is 0 Å². The predicted octanol–water partition coefficient (Wildman–Crippen LogP) is 3.56. The number of hydrazine groups is 1. The lowest BCUT2D eigenvalue weighted by atomic mass is 9.93. The van der Waals surface area contributed by atoms with Gasteiger partial charge in [-0.3, -0.25) is 5.84 Å². The lowest BCUT2D eigenvalue weighted by Gasteiger charge is -2.15. The molecule has 0 fully saturated rings. The summed E-state index contributed by atoms with van der Waals surface area (Å²) < 4.78 is 0. The molecule has 3 N–H and O–H groups in total. The van der Waals surface area contributed by atoms with Crippen molar-refractivity contribution in [3.05, 3.63) is 53.1 Å². The quantitative estimate of drug-likeness (QED) is 0.607. The first-order chi connectivity index (χ1) is 8.13. The van der Waals surface area contributed by atoms with Crippen LogP contribution in [-0.2, 0) is 0 Å². The molecule has 2 aromatic rings. The molecule has 0 aromatic heterocycles. The molecule has 2 aromatic carbocycles. The van der Waals surface area contributed by atoms with Gasteiger partial charge in [0.05, 0.1) is 5.69 Å². The first kappa shape index (κ1) is 11.7. The molecule has 2 nitrogen and oxygen atoms in total. The normalized spacial score (nSPS) is 10.4. The van der Waals surface area contributed by atoms with E-state index in [4.69, 9.17) is 5.84 Å². The zero-order chi connectivity index (χ0) is 12.4. The zero-order valence-corrected chi connectivity index (χ0v) is 10.5. The highest BCUT2D eigenvalue weighted by Gasteiger charge is 2.09. The number of anilines is 1. The van der Waals surface area contributed by atoms with Gasteiger partial charge >= 0.3 is 0 Å². The lowest BCUT2D eigenvalue weighted by molar-refractivity contribution is 1.30. The van der Waals surface area contributed by atoms with Crippen molar-refractivity contribution in [3.8, 4) is 11.1 Å². The van der Waals surface area contributed by atoms with E-state index < -0.39 is 0 Å². The molecule has 0 aliphatic carbocycles. The fraction of sp³-hybridized carbons (Fsp3) is 0.200. The zero-order valence-electron chi connectivity index (χ0n) is 10.5. The van der Waals surface area contributed by atoms with E-state index in [2.05, 4.69) is 44.4 Å². The summed E-state index contributed by atoms with van der Waals surface area (Å²) in [7, 11) is 0. The molecule has 0 bridgehead atoms. The van der Waals surface area contributed by atoms with Crippen molar-refractivity contribution < 1.29 is 0 Å². The minimum Gasteiger partial charge on any atom is -0.324 e. The number of nitrogen functional groups attached to an aromatic ring is 1. The Bertz CT molecular complexity index is 521. The Morgan fingerprint density at radius 2 is 1.53 bits per heavy atom. The van der Waals surface area contributed by atoms with Gasteiger partial charge in [0.2, 0.25) is 0 Å². The number of aryl methyl sites for hydroxylation is 3. The van der Waals surface area contributed by atoms with Crippen molar-refractivity contribution >= 4 is 5.69 Å². The average molecular weight is 226 g/mol. The molecule has 88 valence electrons. The standard InChI is InChI=1S/C15H18N2/c1-10-8-11(2)15(12(3)9-10)13-6-4-5-7-14(13)17-16/h4-9,17H,16H2,1-3H3. The van der Waals surface area contributed by atoms with E-state index in [0.717, 1.165) is 11.3 Å². The van der Waals surface area contributed by atoms with Gasteiger partial charge in [0.15, 0.2) is 0 Å². The summed E-state index contributed by atoms with van der Waals surface area (Å²) in [4.78, 5) is 0. The van der Waals surface area contributed by atoms with Gasteiger partial charge in [-0.05, 0) is 43.5 Å². The van der Waals surface area contributed by atoms with Crippen molar-refractivity contribution in [3.63, 3.8) is 0 Å². The fourth-order valence-electron chi connectivity index (χ4n) is 2.43. The van der Waals surface area contributed by atoms with Gasteiger partial charge in [-0.25, -0.2) is 0 Å². The Labute approximate surface area is 102 Å². The number of hydrogen-bond donors (Lipinski definition) is 2. The number of benzene rings is 2. The van der Waals surface area contributed by atoms with Crippen LogP contribution in [0.25, 0.3) is 11.1 Å². The molecule has 0 aliphatic rings. The average Bonchev–Trinajstić information content (AvgIpc) is 2.28. The summed E-state index contributed by atoms with van der Waals surface area (Å²) in [6, 6.07) is 12.5. The number of hydrogen-bond acceptors (Lipinski definition) is 2. The SMILES string of the molecule is Cc1cc(C)c(-c2ccccc2NN)c(C)c1. The van der Waals surface area contributed by atoms with Crippen LogP contribution in [0.4, 0.5) is 5.69 Å². The Balaban J connectivity index is 2.68. The van der Waals surface area contributed by atoms with Crippen LogP contribution in [0, 0.1) is 20.8 Å². The molecule has 2 heteroatoms. The molecule has 0 saturated carbocycles. The Morgan fingerprint density at radius 3 is 2.12 bits per heavy atom. The van der Waals surface area contributed by atoms with Crippen molar-refractivity contribution in [2.75, 3.05) is 5.43 Å². The Hall–Kier alpha value is -1.80. The molecule has 0 unspecified atom stereocenters. The minimum atomic E-state index is 0.961. The number of nitrogens with one attached hydrogen (secondary N) is 1. The topological polar surface area (TPSA) is 38.0 Å². The molecule has 0 radical (unpaired) electrons. The molecule has 0 amide bonds. The van der Waals surface area contributed by atoms with Crippen LogP contribution in [0.2, 0.25) is 0 Å². The van der Waals surface area contributed by atoms with Gasteiger partial charge in [-0.1, -0.05) is 35.9 Å². The van der Waals surface area contributed by atoms with Gasteiger partial charge in [0, 0.05) is 5.56 Å². The van der Waals surface area contributed by atoms with E-state index in [1.807, 2.05) is 18.2 Å². The van der Waals surface area contributed by atoms with E-state index in [1.165, 1.54) is 22.3 Å². The number of nitrogens with two attached hydrogens (primary N) is 1. The van der Waals surface area contributed by atoms with Gasteiger partial charge in [-0.2, -0.15) is 0 Å². The summed E-state index contributed by atoms with van der Waals surface area (Å²) in [6.07, 6.45) is 0. The molecule has 0 heterocycles. The van der Waals surface area contributed by atoms with Gasteiger partial charge in [0.25, 0.3) is 0 Å². The second-order valence-corrected chi connectivity index (χ2v) is 4.46. The molecule has 17 heavy (non-hydrogen) atoms. The highest BCUT2D eigenvalue weighted by atomic mass is 15.2. The smallest absolute Gasteiger partial charge is 0.0563 e. The van der Waals surface area contributed by atoms with E-state index in [-0.39, 0.29) is 0 Å². The maximum atomic E-state index is 5.57. The Kier molecular flexibility index (Phi) is 3.16. The van der Waals surface area contributed by atoms with Crippen LogP contribution in [0.15, 0.2) is 36.4 Å². The van der Waals surface area contributed by atoms with E-state index in [1.54, 1.807) is 0 Å². The van der Waals surface area contributed by atoms with Crippen LogP contribution in [-0.4, -0.2) is 0 Å². The predicted molar refractivity (Wildman–Crippen MR) is 73.9 cm³/mol. The summed E-state index contributed by atoms with van der Waals surface area (Å²) in [6.45, 7) is 6.40. The monoisotopic (exact) mass is 226 g/mol. The molecule has 0 saturated heterocycles. The second kappa shape index (κ2) is 4.60. The summed E-state index contributed by atoms with van der Waals surface area (Å²) in [5, 5.41) is 0. The van der Waals surface area contributed by atoms with Crippen LogP contribution in [0.1, 0.15) is 16.7 Å². The number of rotatable bonds is 2. The molecule has 0 atom stereocenters. The maximum absolute atomic E-state index is 5.57. The number of para-hydroxylation sites is 1. The van der Waals surface area contributed by atoms with Crippen LogP contribution in [0.5, 0.6) is 0 Å². The van der Waals surface area contributed by atoms with Crippen molar-refractivity contribution in [2.45, 2.75) is 20.8 Å². The second-order valence-electron chi connectivity index (χ2n) is 4.46. The van der Waals surface area contributed by atoms with Crippen LogP contribution >= 0.6 is 0 Å². The third kappa shape index (κ3) is 2.17. The van der Waals surface area contributed by atoms with Crippen molar-refractivity contribution in [2.24, 2.45) is 5.84 Å². The van der Waals surface area contributed by atoms with Crippen molar-refractivity contribution in [1.82, 2.24) is 0 Å². The van der Waals surface area contributed by atoms with Gasteiger partial charge < -0.3 is 5.43 Å². The molecule has 2 rings (SSSR count). The summed E-state index contributed by atoms with van der Waals surface area (Å²) in [5.74, 6) is 5.57. The minimum absolute atomic E-state index is 0.961. The van der Waals surface area contributed by atoms with E-state index >= 15 is 0 Å². The van der Waals surface area contributed by atoms with Gasteiger partial charge in [-0.15, -0.1) is 0 Å². The molecular weight excluding hydrogens is 208 g/mol. The maximum Gasteiger partial charge on any atom is 0.0563 e. The lowest BCUT2D eigenvalue weighted by Crippen LogP contribution is -2.08. The third-order valence-electron chi connectivity index (χ3n) is 3.03. The first-order valence-electron chi connectivity index (χ1n) is 5.77. The highest BCUT2D eigenvalue weighted by Crippen LogP contribution is 2.33. The summed E-state index contributed by atoms with van der Waals surface area (Å²) in [5.41, 5.74) is 10.0. The van der Waals surface area contributed by atoms with E-state index in [0.29, 0.717) is 0 Å². The molecule has 0 spiro atoms. The summed E-state index contributed by atoms with van der Waals surface area (Å²) >= 11 is 0. The fourth-order valence-corrected chi connectivity index (χ4v) is 2.43. The first-order valence-corrected chi connectivity index (χ1v) is 5.77. The van der Waals surface area contributed by atoms with E-state index in [9.17, 15) is 0 Å². The highest BCUT2D eigenvalue weighted by molar-refractivity contribution is 5.81. The Morgan fingerprint density at radius 1 is 0.941 bits per heavy atom. The van der Waals surface area contributed by atoms with Crippen molar-refractivity contribution in [1.29, 1.82) is 0 Å².